The maximum absolute atomic E-state index is 2.41. The molecule has 0 fully saturated rings. The van der Waals surface area contributed by atoms with Crippen molar-refractivity contribution in [1.29, 1.82) is 0 Å². The second-order valence-electron chi connectivity index (χ2n) is 7.21. The summed E-state index contributed by atoms with van der Waals surface area (Å²) in [6.07, 6.45) is 2.40. The normalized spacial score (nSPS) is 15.4. The molecule has 0 heteroatoms. The van der Waals surface area contributed by atoms with Crippen molar-refractivity contribution in [3.63, 3.8) is 0 Å². The molecule has 0 bridgehead atoms. The van der Waals surface area contributed by atoms with E-state index in [2.05, 4.69) is 77.1 Å². The third-order valence-electron chi connectivity index (χ3n) is 4.15. The highest BCUT2D eigenvalue weighted by atomic mass is 14.3. The molecule has 19 heavy (non-hydrogen) atoms. The van der Waals surface area contributed by atoms with Crippen molar-refractivity contribution < 1.29 is 0 Å². The minimum Gasteiger partial charge on any atom is -0.0645 e. The van der Waals surface area contributed by atoms with Gasteiger partial charge in [0, 0.05) is 0 Å². The van der Waals surface area contributed by atoms with Gasteiger partial charge in [0.15, 0.2) is 0 Å². The van der Waals surface area contributed by atoms with Gasteiger partial charge in [0.2, 0.25) is 0 Å². The molecular formula is C19H26. The molecule has 1 atom stereocenters. The van der Waals surface area contributed by atoms with E-state index < -0.39 is 0 Å². The van der Waals surface area contributed by atoms with E-state index in [1.54, 1.807) is 0 Å². The summed E-state index contributed by atoms with van der Waals surface area (Å²) in [5.74, 6) is 0. The number of hydrogen-bond donors (Lipinski definition) is 0. The summed E-state index contributed by atoms with van der Waals surface area (Å²) >= 11 is 0. The lowest BCUT2D eigenvalue weighted by atomic mass is 9.69. The first-order valence-corrected chi connectivity index (χ1v) is 7.33. The van der Waals surface area contributed by atoms with Gasteiger partial charge >= 0.3 is 0 Å². The van der Waals surface area contributed by atoms with Crippen LogP contribution in [0.25, 0.3) is 10.8 Å². The van der Waals surface area contributed by atoms with Crippen LogP contribution in [0.1, 0.15) is 53.0 Å². The molecule has 0 N–H and O–H groups in total. The van der Waals surface area contributed by atoms with Gasteiger partial charge in [-0.3, -0.25) is 0 Å². The minimum absolute atomic E-state index is 0.266. The largest absolute Gasteiger partial charge is 0.0645 e. The van der Waals surface area contributed by atoms with Gasteiger partial charge in [-0.25, -0.2) is 0 Å². The number of hydrogen-bond acceptors (Lipinski definition) is 0. The molecule has 102 valence electrons. The molecule has 0 aliphatic rings. The third kappa shape index (κ3) is 3.18. The lowest BCUT2D eigenvalue weighted by molar-refractivity contribution is 0.261. The van der Waals surface area contributed by atoms with E-state index in [9.17, 15) is 0 Å². The van der Waals surface area contributed by atoms with Crippen molar-refractivity contribution in [3.05, 3.63) is 48.0 Å². The fourth-order valence-electron chi connectivity index (χ4n) is 3.17. The van der Waals surface area contributed by atoms with Crippen LogP contribution in [-0.4, -0.2) is 0 Å². The molecule has 0 amide bonds. The molecule has 2 rings (SSSR count). The first-order valence-electron chi connectivity index (χ1n) is 7.33. The van der Waals surface area contributed by atoms with E-state index in [1.165, 1.54) is 29.2 Å². The van der Waals surface area contributed by atoms with Crippen LogP contribution in [0.5, 0.6) is 0 Å². The van der Waals surface area contributed by atoms with Gasteiger partial charge in [-0.15, -0.1) is 0 Å². The Hall–Kier alpha value is -1.30. The van der Waals surface area contributed by atoms with E-state index >= 15 is 0 Å². The number of benzene rings is 2. The Morgan fingerprint density at radius 2 is 1.47 bits per heavy atom. The van der Waals surface area contributed by atoms with Crippen LogP contribution in [0.2, 0.25) is 0 Å². The first kappa shape index (κ1) is 14.1. The van der Waals surface area contributed by atoms with Crippen LogP contribution in [0.4, 0.5) is 0 Å². The average Bonchev–Trinajstić information content (AvgIpc) is 2.36. The van der Waals surface area contributed by atoms with Gasteiger partial charge in [-0.2, -0.15) is 0 Å². The zero-order chi connectivity index (χ0) is 14.1. The van der Waals surface area contributed by atoms with E-state index in [1.807, 2.05) is 0 Å². The summed E-state index contributed by atoms with van der Waals surface area (Å²) in [6.45, 7) is 11.7. The van der Waals surface area contributed by atoms with Crippen LogP contribution < -0.4 is 0 Å². The highest BCUT2D eigenvalue weighted by Crippen LogP contribution is 2.39. The third-order valence-corrected chi connectivity index (χ3v) is 4.15. The predicted molar refractivity (Wildman–Crippen MR) is 85.7 cm³/mol. The quantitative estimate of drug-likeness (QED) is 0.635. The van der Waals surface area contributed by atoms with E-state index in [0.717, 1.165) is 0 Å². The summed E-state index contributed by atoms with van der Waals surface area (Å²) in [4.78, 5) is 0. The van der Waals surface area contributed by atoms with Crippen molar-refractivity contribution in [2.24, 2.45) is 5.41 Å². The fraction of sp³-hybridized carbons (Fsp3) is 0.474. The summed E-state index contributed by atoms with van der Waals surface area (Å²) in [6, 6.07) is 15.6. The Morgan fingerprint density at radius 1 is 0.842 bits per heavy atom. The second kappa shape index (κ2) is 5.00. The maximum atomic E-state index is 2.41. The molecular weight excluding hydrogens is 228 g/mol. The van der Waals surface area contributed by atoms with Gasteiger partial charge in [0.05, 0.1) is 0 Å². The molecule has 0 saturated carbocycles. The van der Waals surface area contributed by atoms with Gasteiger partial charge in [0.25, 0.3) is 0 Å². The summed E-state index contributed by atoms with van der Waals surface area (Å²) < 4.78 is 0. The van der Waals surface area contributed by atoms with E-state index in [4.69, 9.17) is 0 Å². The summed E-state index contributed by atoms with van der Waals surface area (Å²) in [7, 11) is 0. The Labute approximate surface area is 117 Å². The van der Waals surface area contributed by atoms with Crippen molar-refractivity contribution in [2.75, 3.05) is 0 Å². The Balaban J connectivity index is 2.45. The van der Waals surface area contributed by atoms with E-state index in [-0.39, 0.29) is 5.41 Å². The molecule has 0 spiro atoms. The van der Waals surface area contributed by atoms with Crippen LogP contribution >= 0.6 is 0 Å². The van der Waals surface area contributed by atoms with Crippen LogP contribution in [-0.2, 0) is 5.41 Å². The monoisotopic (exact) mass is 254 g/mol. The molecule has 2 aromatic rings. The molecule has 0 aliphatic heterocycles. The number of rotatable bonds is 3. The molecule has 0 heterocycles. The standard InChI is InChI=1S/C19H26/c1-6-19(5,14-18(2,3)4)17-12-11-15-9-7-8-10-16(15)13-17/h7-13H,6,14H2,1-5H3. The fourth-order valence-corrected chi connectivity index (χ4v) is 3.17. The molecule has 0 nitrogen and oxygen atoms in total. The van der Waals surface area contributed by atoms with Crippen molar-refractivity contribution in [3.8, 4) is 0 Å². The molecule has 0 aromatic heterocycles. The topological polar surface area (TPSA) is 0 Å². The zero-order valence-electron chi connectivity index (χ0n) is 13.0. The zero-order valence-corrected chi connectivity index (χ0v) is 13.0. The molecule has 0 saturated heterocycles. The van der Waals surface area contributed by atoms with Gasteiger partial charge in [-0.1, -0.05) is 77.1 Å². The lowest BCUT2D eigenvalue weighted by Crippen LogP contribution is -2.27. The maximum Gasteiger partial charge on any atom is -0.00727 e. The smallest absolute Gasteiger partial charge is 0.00727 e. The Bertz CT molecular complexity index is 560. The molecule has 0 aliphatic carbocycles. The Kier molecular flexibility index (Phi) is 3.71. The molecule has 0 radical (unpaired) electrons. The van der Waals surface area contributed by atoms with Crippen LogP contribution in [0.3, 0.4) is 0 Å². The summed E-state index contributed by atoms with van der Waals surface area (Å²) in [5.41, 5.74) is 2.10. The minimum atomic E-state index is 0.266. The van der Waals surface area contributed by atoms with Crippen molar-refractivity contribution >= 4 is 10.8 Å². The van der Waals surface area contributed by atoms with Crippen LogP contribution in [0.15, 0.2) is 42.5 Å². The lowest BCUT2D eigenvalue weighted by Gasteiger charge is -2.35. The average molecular weight is 254 g/mol. The Morgan fingerprint density at radius 3 is 2.05 bits per heavy atom. The van der Waals surface area contributed by atoms with Gasteiger partial charge < -0.3 is 0 Å². The van der Waals surface area contributed by atoms with Crippen molar-refractivity contribution in [1.82, 2.24) is 0 Å². The first-order chi connectivity index (χ1) is 8.84. The predicted octanol–water partition coefficient (Wildman–Crippen LogP) is 5.94. The highest BCUT2D eigenvalue weighted by molar-refractivity contribution is 5.83. The second-order valence-corrected chi connectivity index (χ2v) is 7.21. The van der Waals surface area contributed by atoms with Crippen LogP contribution in [0, 0.1) is 5.41 Å². The number of fused-ring (bicyclic) bond motifs is 1. The SMILES string of the molecule is CCC(C)(CC(C)(C)C)c1ccc2ccccc2c1. The van der Waals surface area contributed by atoms with E-state index in [0.29, 0.717) is 5.41 Å². The molecule has 2 aromatic carbocycles. The van der Waals surface area contributed by atoms with Gasteiger partial charge in [-0.05, 0) is 40.0 Å². The van der Waals surface area contributed by atoms with Crippen molar-refractivity contribution in [2.45, 2.75) is 52.9 Å². The highest BCUT2D eigenvalue weighted by Gasteiger charge is 2.30. The molecule has 1 unspecified atom stereocenters. The summed E-state index contributed by atoms with van der Waals surface area (Å²) in [5, 5.41) is 2.69. The van der Waals surface area contributed by atoms with Gasteiger partial charge in [0.1, 0.15) is 0 Å².